The molecular formula is C11H19N. The first-order valence-electron chi connectivity index (χ1n) is 5.25. The maximum absolute atomic E-state index is 8.45. The van der Waals surface area contributed by atoms with E-state index < -0.39 is 0 Å². The van der Waals surface area contributed by atoms with Crippen molar-refractivity contribution >= 4 is 0 Å². The van der Waals surface area contributed by atoms with Gasteiger partial charge < -0.3 is 0 Å². The van der Waals surface area contributed by atoms with Crippen molar-refractivity contribution in [3.05, 3.63) is 0 Å². The summed E-state index contributed by atoms with van der Waals surface area (Å²) in [6.45, 7) is 2.25. The molecule has 1 saturated carbocycles. The molecule has 0 bridgehead atoms. The standard InChI is InChI=1S/C11H19N/c1-2-3-4-5-6-10-9-11(10)7-8-12/h10-11H,2-7,9H2,1H3/t10-,11+/m1/s1. The minimum atomic E-state index is 0.775. The summed E-state index contributed by atoms with van der Waals surface area (Å²) >= 11 is 0. The molecule has 0 aromatic heterocycles. The fourth-order valence-electron chi connectivity index (χ4n) is 1.86. The molecule has 0 aromatic carbocycles. The minimum absolute atomic E-state index is 0.775. The molecule has 1 fully saturated rings. The quantitative estimate of drug-likeness (QED) is 0.552. The Balaban J connectivity index is 1.87. The van der Waals surface area contributed by atoms with Crippen LogP contribution < -0.4 is 0 Å². The van der Waals surface area contributed by atoms with Gasteiger partial charge in [-0.05, 0) is 18.3 Å². The number of rotatable bonds is 6. The molecule has 0 heterocycles. The molecule has 0 N–H and O–H groups in total. The van der Waals surface area contributed by atoms with Crippen LogP contribution in [0.3, 0.4) is 0 Å². The normalized spacial score (nSPS) is 26.7. The Morgan fingerprint density at radius 2 is 2.08 bits per heavy atom. The third kappa shape index (κ3) is 3.26. The molecule has 1 rings (SSSR count). The fourth-order valence-corrected chi connectivity index (χ4v) is 1.86. The summed E-state index contributed by atoms with van der Waals surface area (Å²) < 4.78 is 0. The number of nitriles is 1. The first-order valence-corrected chi connectivity index (χ1v) is 5.25. The summed E-state index contributed by atoms with van der Waals surface area (Å²) in [5.74, 6) is 1.69. The van der Waals surface area contributed by atoms with Gasteiger partial charge in [-0.3, -0.25) is 0 Å². The molecule has 0 aliphatic heterocycles. The van der Waals surface area contributed by atoms with Gasteiger partial charge in [-0.15, -0.1) is 0 Å². The first kappa shape index (κ1) is 9.58. The van der Waals surface area contributed by atoms with E-state index in [4.69, 9.17) is 5.26 Å². The van der Waals surface area contributed by atoms with Crippen LogP contribution >= 0.6 is 0 Å². The maximum atomic E-state index is 8.45. The molecule has 0 aromatic rings. The van der Waals surface area contributed by atoms with E-state index in [-0.39, 0.29) is 0 Å². The Kier molecular flexibility index (Phi) is 4.14. The topological polar surface area (TPSA) is 23.8 Å². The zero-order chi connectivity index (χ0) is 8.81. The predicted molar refractivity (Wildman–Crippen MR) is 50.6 cm³/mol. The van der Waals surface area contributed by atoms with Gasteiger partial charge in [0.1, 0.15) is 0 Å². The molecule has 0 spiro atoms. The molecule has 1 heteroatoms. The average Bonchev–Trinajstić information content (AvgIpc) is 2.79. The van der Waals surface area contributed by atoms with Gasteiger partial charge in [-0.1, -0.05) is 39.0 Å². The summed E-state index contributed by atoms with van der Waals surface area (Å²) in [5.41, 5.74) is 0. The SMILES string of the molecule is CCCCCC[C@@H]1C[C@@H]1CC#N. The predicted octanol–water partition coefficient (Wildman–Crippen LogP) is 3.51. The van der Waals surface area contributed by atoms with E-state index in [2.05, 4.69) is 13.0 Å². The molecule has 1 aliphatic carbocycles. The Morgan fingerprint density at radius 1 is 1.25 bits per heavy atom. The molecule has 0 radical (unpaired) electrons. The zero-order valence-electron chi connectivity index (χ0n) is 8.05. The molecule has 2 atom stereocenters. The van der Waals surface area contributed by atoms with E-state index in [1.807, 2.05) is 0 Å². The molecule has 0 amide bonds. The summed E-state index contributed by atoms with van der Waals surface area (Å²) in [4.78, 5) is 0. The number of hydrogen-bond acceptors (Lipinski definition) is 1. The third-order valence-corrected chi connectivity index (χ3v) is 2.85. The highest BCUT2D eigenvalue weighted by molar-refractivity contribution is 4.92. The van der Waals surface area contributed by atoms with Crippen LogP contribution in [-0.4, -0.2) is 0 Å². The van der Waals surface area contributed by atoms with Crippen LogP contribution in [0.25, 0.3) is 0 Å². The lowest BCUT2D eigenvalue weighted by Crippen LogP contribution is -1.83. The van der Waals surface area contributed by atoms with Gasteiger partial charge >= 0.3 is 0 Å². The lowest BCUT2D eigenvalue weighted by Gasteiger charge is -1.97. The zero-order valence-corrected chi connectivity index (χ0v) is 8.05. The van der Waals surface area contributed by atoms with Gasteiger partial charge in [0.25, 0.3) is 0 Å². The third-order valence-electron chi connectivity index (χ3n) is 2.85. The average molecular weight is 165 g/mol. The van der Waals surface area contributed by atoms with Gasteiger partial charge in [0.15, 0.2) is 0 Å². The second-order valence-corrected chi connectivity index (χ2v) is 3.97. The van der Waals surface area contributed by atoms with Crippen LogP contribution in [0.5, 0.6) is 0 Å². The monoisotopic (exact) mass is 165 g/mol. The number of unbranched alkanes of at least 4 members (excludes halogenated alkanes) is 3. The molecule has 0 saturated heterocycles. The number of nitrogens with zero attached hydrogens (tertiary/aromatic N) is 1. The van der Waals surface area contributed by atoms with Crippen molar-refractivity contribution in [2.75, 3.05) is 0 Å². The molecule has 1 aliphatic rings. The highest BCUT2D eigenvalue weighted by atomic mass is 14.4. The molecule has 1 nitrogen and oxygen atoms in total. The summed E-state index contributed by atoms with van der Waals surface area (Å²) in [5, 5.41) is 8.45. The van der Waals surface area contributed by atoms with E-state index in [0.29, 0.717) is 0 Å². The van der Waals surface area contributed by atoms with E-state index in [9.17, 15) is 0 Å². The van der Waals surface area contributed by atoms with Crippen molar-refractivity contribution in [1.82, 2.24) is 0 Å². The van der Waals surface area contributed by atoms with Gasteiger partial charge in [0, 0.05) is 6.42 Å². The largest absolute Gasteiger partial charge is 0.198 e. The smallest absolute Gasteiger partial charge is 0.0624 e. The second-order valence-electron chi connectivity index (χ2n) is 3.97. The molecule has 12 heavy (non-hydrogen) atoms. The minimum Gasteiger partial charge on any atom is -0.198 e. The van der Waals surface area contributed by atoms with Gasteiger partial charge in [0.2, 0.25) is 0 Å². The van der Waals surface area contributed by atoms with Crippen molar-refractivity contribution in [2.45, 2.75) is 51.9 Å². The Morgan fingerprint density at radius 3 is 2.75 bits per heavy atom. The van der Waals surface area contributed by atoms with Crippen molar-refractivity contribution in [3.63, 3.8) is 0 Å². The molecule has 68 valence electrons. The molecular weight excluding hydrogens is 146 g/mol. The first-order chi connectivity index (χ1) is 5.88. The van der Waals surface area contributed by atoms with E-state index in [0.717, 1.165) is 18.3 Å². The van der Waals surface area contributed by atoms with Crippen LogP contribution in [0, 0.1) is 23.2 Å². The van der Waals surface area contributed by atoms with Crippen molar-refractivity contribution in [1.29, 1.82) is 5.26 Å². The summed E-state index contributed by atoms with van der Waals surface area (Å²) in [6, 6.07) is 2.26. The second kappa shape index (κ2) is 5.19. The van der Waals surface area contributed by atoms with Crippen molar-refractivity contribution in [2.24, 2.45) is 11.8 Å². The van der Waals surface area contributed by atoms with Crippen LogP contribution in [0.1, 0.15) is 51.9 Å². The van der Waals surface area contributed by atoms with Crippen LogP contribution in [0.15, 0.2) is 0 Å². The van der Waals surface area contributed by atoms with E-state index in [1.165, 1.54) is 38.5 Å². The highest BCUT2D eigenvalue weighted by Crippen LogP contribution is 2.44. The van der Waals surface area contributed by atoms with Gasteiger partial charge in [-0.2, -0.15) is 5.26 Å². The van der Waals surface area contributed by atoms with Crippen LogP contribution in [0.4, 0.5) is 0 Å². The van der Waals surface area contributed by atoms with Crippen LogP contribution in [-0.2, 0) is 0 Å². The van der Waals surface area contributed by atoms with E-state index >= 15 is 0 Å². The lowest BCUT2D eigenvalue weighted by atomic mass is 10.1. The van der Waals surface area contributed by atoms with E-state index in [1.54, 1.807) is 0 Å². The summed E-state index contributed by atoms with van der Waals surface area (Å²) in [7, 11) is 0. The Bertz CT molecular complexity index is 157. The van der Waals surface area contributed by atoms with Gasteiger partial charge in [-0.25, -0.2) is 0 Å². The Labute approximate surface area is 75.8 Å². The lowest BCUT2D eigenvalue weighted by molar-refractivity contribution is 0.569. The highest BCUT2D eigenvalue weighted by Gasteiger charge is 2.35. The van der Waals surface area contributed by atoms with Gasteiger partial charge in [0.05, 0.1) is 6.07 Å². The van der Waals surface area contributed by atoms with Crippen molar-refractivity contribution < 1.29 is 0 Å². The van der Waals surface area contributed by atoms with Crippen molar-refractivity contribution in [3.8, 4) is 6.07 Å². The van der Waals surface area contributed by atoms with Crippen LogP contribution in [0.2, 0.25) is 0 Å². The molecule has 0 unspecified atom stereocenters. The Hall–Kier alpha value is -0.510. The maximum Gasteiger partial charge on any atom is 0.0624 e. The summed E-state index contributed by atoms with van der Waals surface area (Å²) in [6.07, 6.45) is 9.01. The number of hydrogen-bond donors (Lipinski definition) is 0. The fraction of sp³-hybridized carbons (Fsp3) is 0.909.